The van der Waals surface area contributed by atoms with E-state index in [-0.39, 0.29) is 11.9 Å². The number of hydrogen-bond donors (Lipinski definition) is 0. The van der Waals surface area contributed by atoms with Crippen LogP contribution in [0, 0.1) is 11.3 Å². The van der Waals surface area contributed by atoms with Crippen LogP contribution in [0.4, 0.5) is 5.82 Å². The van der Waals surface area contributed by atoms with E-state index in [4.69, 9.17) is 16.9 Å². The van der Waals surface area contributed by atoms with Gasteiger partial charge in [-0.2, -0.15) is 5.26 Å². The van der Waals surface area contributed by atoms with Crippen molar-refractivity contribution in [3.05, 3.63) is 47.1 Å². The fraction of sp³-hybridized carbons (Fsp3) is 0.421. The molecule has 1 aliphatic rings. The van der Waals surface area contributed by atoms with Gasteiger partial charge in [0.15, 0.2) is 0 Å². The molecule has 140 valence electrons. The molecular weight excluding hydrogens is 364 g/mol. The molecule has 1 fully saturated rings. The molecule has 8 heteroatoms. The summed E-state index contributed by atoms with van der Waals surface area (Å²) in [5.41, 5.74) is 1.37. The van der Waals surface area contributed by atoms with Crippen LogP contribution < -0.4 is 4.90 Å². The van der Waals surface area contributed by atoms with Gasteiger partial charge in [0.25, 0.3) is 0 Å². The second kappa shape index (κ2) is 8.78. The number of hydrogen-bond acceptors (Lipinski definition) is 6. The molecule has 1 aliphatic heterocycles. The first-order valence-corrected chi connectivity index (χ1v) is 9.28. The number of nitriles is 1. The maximum Gasteiger partial charge on any atom is 0.219 e. The molecule has 27 heavy (non-hydrogen) atoms. The number of carbonyl (C=O) groups is 1. The first kappa shape index (κ1) is 19.1. The Bertz CT molecular complexity index is 838. The van der Waals surface area contributed by atoms with E-state index >= 15 is 0 Å². The predicted molar refractivity (Wildman–Crippen MR) is 102 cm³/mol. The van der Waals surface area contributed by atoms with Crippen molar-refractivity contribution >= 4 is 23.3 Å². The number of pyridine rings is 1. The van der Waals surface area contributed by atoms with Crippen molar-refractivity contribution < 1.29 is 4.79 Å². The number of aromatic nitrogens is 3. The van der Waals surface area contributed by atoms with Gasteiger partial charge >= 0.3 is 0 Å². The molecule has 0 aliphatic carbocycles. The third-order valence-electron chi connectivity index (χ3n) is 4.76. The Morgan fingerprint density at radius 1 is 1.33 bits per heavy atom. The number of rotatable bonds is 4. The van der Waals surface area contributed by atoms with Crippen molar-refractivity contribution in [3.8, 4) is 6.07 Å². The minimum atomic E-state index is 0.0480. The van der Waals surface area contributed by atoms with E-state index in [0.29, 0.717) is 22.9 Å². The molecule has 0 spiro atoms. The Morgan fingerprint density at radius 3 is 2.78 bits per heavy atom. The van der Waals surface area contributed by atoms with Crippen molar-refractivity contribution in [2.24, 2.45) is 0 Å². The third kappa shape index (κ3) is 4.72. The summed E-state index contributed by atoms with van der Waals surface area (Å²) in [6.45, 7) is 3.68. The molecule has 2 aromatic rings. The Morgan fingerprint density at radius 2 is 2.11 bits per heavy atom. The normalized spacial score (nSPS) is 17.1. The molecule has 3 rings (SSSR count). The van der Waals surface area contributed by atoms with Crippen molar-refractivity contribution in [1.82, 2.24) is 19.9 Å². The Balaban J connectivity index is 1.71. The fourth-order valence-corrected chi connectivity index (χ4v) is 3.72. The van der Waals surface area contributed by atoms with E-state index in [1.807, 2.05) is 11.0 Å². The lowest BCUT2D eigenvalue weighted by molar-refractivity contribution is -0.132. The highest BCUT2D eigenvalue weighted by Crippen LogP contribution is 2.28. The van der Waals surface area contributed by atoms with Crippen LogP contribution in [-0.4, -0.2) is 44.9 Å². The van der Waals surface area contributed by atoms with Gasteiger partial charge in [0.1, 0.15) is 18.2 Å². The highest BCUT2D eigenvalue weighted by Gasteiger charge is 2.26. The van der Waals surface area contributed by atoms with Gasteiger partial charge in [-0.05, 0) is 25.3 Å². The van der Waals surface area contributed by atoms with E-state index in [9.17, 15) is 4.79 Å². The van der Waals surface area contributed by atoms with Crippen molar-refractivity contribution in [3.63, 3.8) is 0 Å². The molecule has 0 unspecified atom stereocenters. The van der Waals surface area contributed by atoms with Gasteiger partial charge < -0.3 is 9.80 Å². The highest BCUT2D eigenvalue weighted by molar-refractivity contribution is 6.33. The number of nitrogens with zero attached hydrogens (tertiary/aromatic N) is 6. The quantitative estimate of drug-likeness (QED) is 0.805. The second-order valence-corrected chi connectivity index (χ2v) is 7.01. The van der Waals surface area contributed by atoms with E-state index in [1.165, 1.54) is 6.33 Å². The third-order valence-corrected chi connectivity index (χ3v) is 5.04. The van der Waals surface area contributed by atoms with Crippen LogP contribution in [0.1, 0.15) is 37.3 Å². The minimum absolute atomic E-state index is 0.0480. The zero-order valence-electron chi connectivity index (χ0n) is 15.2. The Kier molecular flexibility index (Phi) is 6.20. The molecule has 0 N–H and O–H groups in total. The maximum absolute atomic E-state index is 12.2. The van der Waals surface area contributed by atoms with Crippen LogP contribution in [0.5, 0.6) is 0 Å². The van der Waals surface area contributed by atoms with Crippen LogP contribution >= 0.6 is 11.6 Å². The molecule has 1 amide bonds. The summed E-state index contributed by atoms with van der Waals surface area (Å²) in [4.78, 5) is 28.7. The van der Waals surface area contributed by atoms with E-state index in [0.717, 1.165) is 37.9 Å². The molecule has 7 nitrogen and oxygen atoms in total. The first-order chi connectivity index (χ1) is 13.1. The van der Waals surface area contributed by atoms with Crippen LogP contribution in [0.15, 0.2) is 31.0 Å². The van der Waals surface area contributed by atoms with Gasteiger partial charge in [-0.15, -0.1) is 0 Å². The summed E-state index contributed by atoms with van der Waals surface area (Å²) >= 11 is 6.32. The molecule has 2 aromatic heterocycles. The number of anilines is 1. The van der Waals surface area contributed by atoms with Crippen LogP contribution in [0.25, 0.3) is 0 Å². The van der Waals surface area contributed by atoms with Crippen molar-refractivity contribution in [2.45, 2.75) is 38.8 Å². The molecule has 3 heterocycles. The topological polar surface area (TPSA) is 86.0 Å². The molecular formula is C19H21ClN6O. The monoisotopic (exact) mass is 384 g/mol. The van der Waals surface area contributed by atoms with Gasteiger partial charge in [0.05, 0.1) is 10.6 Å². The van der Waals surface area contributed by atoms with Gasteiger partial charge in [-0.25, -0.2) is 15.0 Å². The summed E-state index contributed by atoms with van der Waals surface area (Å²) in [6.07, 6.45) is 9.18. The van der Waals surface area contributed by atoms with Crippen LogP contribution in [0.2, 0.25) is 5.02 Å². The lowest BCUT2D eigenvalue weighted by atomic mass is 10.1. The largest absolute Gasteiger partial charge is 0.355 e. The smallest absolute Gasteiger partial charge is 0.219 e. The summed E-state index contributed by atoms with van der Waals surface area (Å²) in [7, 11) is 0. The number of halogens is 1. The van der Waals surface area contributed by atoms with Gasteiger partial charge in [-0.1, -0.05) is 11.6 Å². The second-order valence-electron chi connectivity index (χ2n) is 6.61. The lowest BCUT2D eigenvalue weighted by Crippen LogP contribution is -2.39. The standard InChI is InChI=1S/C19H21ClN6O/c1-14(27)26(12-16-9-22-13-23-10-16)17-3-2-5-25(6-4-17)19-18(20)7-15(8-21)11-24-19/h7,9-11,13,17H,2-6,12H2,1H3/t17-/m1/s1. The van der Waals surface area contributed by atoms with Crippen LogP contribution in [-0.2, 0) is 11.3 Å². The van der Waals surface area contributed by atoms with Crippen LogP contribution in [0.3, 0.4) is 0 Å². The Hall–Kier alpha value is -2.72. The van der Waals surface area contributed by atoms with Gasteiger partial charge in [0.2, 0.25) is 5.91 Å². The minimum Gasteiger partial charge on any atom is -0.355 e. The first-order valence-electron chi connectivity index (χ1n) is 8.90. The zero-order valence-corrected chi connectivity index (χ0v) is 15.9. The van der Waals surface area contributed by atoms with Crippen molar-refractivity contribution in [2.75, 3.05) is 18.0 Å². The van der Waals surface area contributed by atoms with E-state index in [2.05, 4.69) is 19.9 Å². The summed E-state index contributed by atoms with van der Waals surface area (Å²) in [5.74, 6) is 0.744. The molecule has 0 aromatic carbocycles. The van der Waals surface area contributed by atoms with E-state index in [1.54, 1.807) is 31.6 Å². The molecule has 0 saturated carbocycles. The molecule has 1 atom stereocenters. The van der Waals surface area contributed by atoms with Gasteiger partial charge in [0, 0.05) is 56.8 Å². The zero-order chi connectivity index (χ0) is 19.2. The molecule has 0 bridgehead atoms. The average molecular weight is 385 g/mol. The Labute approximate surface area is 163 Å². The molecule has 0 radical (unpaired) electrons. The fourth-order valence-electron chi connectivity index (χ4n) is 3.43. The van der Waals surface area contributed by atoms with E-state index < -0.39 is 0 Å². The maximum atomic E-state index is 12.2. The number of amides is 1. The number of carbonyl (C=O) groups excluding carboxylic acids is 1. The summed E-state index contributed by atoms with van der Waals surface area (Å²) in [6, 6.07) is 3.83. The predicted octanol–water partition coefficient (Wildman–Crippen LogP) is 2.80. The SMILES string of the molecule is CC(=O)N(Cc1cncnc1)[C@@H]1CCCN(c2ncc(C#N)cc2Cl)CC1. The summed E-state index contributed by atoms with van der Waals surface area (Å²) in [5, 5.41) is 9.45. The molecule has 1 saturated heterocycles. The summed E-state index contributed by atoms with van der Waals surface area (Å²) < 4.78 is 0. The highest BCUT2D eigenvalue weighted by atomic mass is 35.5. The van der Waals surface area contributed by atoms with Gasteiger partial charge in [-0.3, -0.25) is 4.79 Å². The average Bonchev–Trinajstić information content (AvgIpc) is 2.92. The van der Waals surface area contributed by atoms with Crippen molar-refractivity contribution in [1.29, 1.82) is 5.26 Å². The lowest BCUT2D eigenvalue weighted by Gasteiger charge is -2.30.